The molecule has 0 aromatic rings. The number of hydrogen-bond acceptors (Lipinski definition) is 8. The minimum Gasteiger partial charge on any atom is -0.480 e. The van der Waals surface area contributed by atoms with E-state index in [4.69, 9.17) is 29.4 Å². The summed E-state index contributed by atoms with van der Waals surface area (Å²) >= 11 is 0. The van der Waals surface area contributed by atoms with Crippen molar-refractivity contribution in [1.82, 2.24) is 0 Å². The van der Waals surface area contributed by atoms with E-state index in [1.165, 1.54) is 83.5 Å². The highest BCUT2D eigenvalue weighted by Gasteiger charge is 2.27. The molecule has 0 radical (unpaired) electrons. The summed E-state index contributed by atoms with van der Waals surface area (Å²) in [7, 11) is -4.62. The second-order valence-electron chi connectivity index (χ2n) is 13.8. The van der Waals surface area contributed by atoms with Gasteiger partial charge in [-0.3, -0.25) is 18.6 Å². The van der Waals surface area contributed by atoms with E-state index < -0.39 is 45.1 Å². The van der Waals surface area contributed by atoms with Crippen LogP contribution in [0.4, 0.5) is 0 Å². The van der Waals surface area contributed by atoms with Crippen LogP contribution in [0.25, 0.3) is 0 Å². The van der Waals surface area contributed by atoms with Crippen molar-refractivity contribution in [3.63, 3.8) is 0 Å². The fraction of sp³-hybridized carbons (Fsp3) is 0.805. The Bertz CT molecular complexity index is 972. The van der Waals surface area contributed by atoms with Crippen LogP contribution in [0.2, 0.25) is 0 Å². The van der Waals surface area contributed by atoms with Crippen molar-refractivity contribution in [2.75, 3.05) is 26.4 Å². The first-order valence-electron chi connectivity index (χ1n) is 20.5. The van der Waals surface area contributed by atoms with E-state index in [2.05, 4.69) is 50.3 Å². The van der Waals surface area contributed by atoms with Gasteiger partial charge in [-0.2, -0.15) is 0 Å². The van der Waals surface area contributed by atoms with Gasteiger partial charge in [-0.05, 0) is 70.6 Å². The number of carbonyl (C=O) groups excluding carboxylic acids is 1. The van der Waals surface area contributed by atoms with Crippen molar-refractivity contribution < 1.29 is 42.7 Å². The van der Waals surface area contributed by atoms with Crippen molar-refractivity contribution >= 4 is 19.8 Å². The lowest BCUT2D eigenvalue weighted by Gasteiger charge is -2.20. The molecule has 0 fully saturated rings. The quantitative estimate of drug-likeness (QED) is 0.0239. The number of nitrogens with two attached hydrogens (primary N) is 1. The van der Waals surface area contributed by atoms with Crippen molar-refractivity contribution in [1.29, 1.82) is 0 Å². The standard InChI is InChI=1S/C41H76NO9P/c1-3-5-7-9-11-13-15-17-19-21-23-25-27-29-31-33-40(43)51-38(36-49-52(46,47)50-37-39(42)41(44)45)35-48-34-32-30-28-26-24-22-20-18-16-14-12-10-8-6-4-2/h11,13,16-19,38-39H,3-10,12,14-15,20-37,42H2,1-2H3,(H,44,45)(H,46,47)/b13-11-,18-16-,19-17-. The number of esters is 1. The van der Waals surface area contributed by atoms with Crippen molar-refractivity contribution in [2.45, 2.75) is 187 Å². The van der Waals surface area contributed by atoms with Gasteiger partial charge in [0, 0.05) is 13.0 Å². The fourth-order valence-electron chi connectivity index (χ4n) is 5.39. The van der Waals surface area contributed by atoms with Crippen molar-refractivity contribution in [3.05, 3.63) is 36.5 Å². The molecular weight excluding hydrogens is 681 g/mol. The summed E-state index contributed by atoms with van der Waals surface area (Å²) in [6.45, 7) is 3.81. The van der Waals surface area contributed by atoms with E-state index >= 15 is 0 Å². The van der Waals surface area contributed by atoms with Crippen LogP contribution in [0.3, 0.4) is 0 Å². The van der Waals surface area contributed by atoms with Gasteiger partial charge >= 0.3 is 19.8 Å². The fourth-order valence-corrected chi connectivity index (χ4v) is 6.17. The van der Waals surface area contributed by atoms with E-state index in [1.807, 2.05) is 0 Å². The summed E-state index contributed by atoms with van der Waals surface area (Å²) in [6.07, 6.45) is 40.5. The summed E-state index contributed by atoms with van der Waals surface area (Å²) in [5.41, 5.74) is 5.34. The Hall–Kier alpha value is -1.81. The van der Waals surface area contributed by atoms with Crippen LogP contribution in [-0.4, -0.2) is 60.5 Å². The van der Waals surface area contributed by atoms with Gasteiger partial charge < -0.3 is 25.2 Å². The van der Waals surface area contributed by atoms with Gasteiger partial charge in [-0.1, -0.05) is 134 Å². The second-order valence-corrected chi connectivity index (χ2v) is 15.2. The first-order valence-corrected chi connectivity index (χ1v) is 22.0. The van der Waals surface area contributed by atoms with Gasteiger partial charge in [0.25, 0.3) is 0 Å². The molecule has 304 valence electrons. The Morgan fingerprint density at radius 2 is 1.06 bits per heavy atom. The van der Waals surface area contributed by atoms with E-state index in [0.29, 0.717) is 13.0 Å². The maximum Gasteiger partial charge on any atom is 0.472 e. The molecule has 0 spiro atoms. The van der Waals surface area contributed by atoms with Crippen molar-refractivity contribution in [2.24, 2.45) is 5.73 Å². The number of phosphoric acid groups is 1. The van der Waals surface area contributed by atoms with E-state index in [1.54, 1.807) is 0 Å². The summed E-state index contributed by atoms with van der Waals surface area (Å²) < 4.78 is 33.3. The third-order valence-corrected chi connectivity index (χ3v) is 9.59. The molecule has 0 amide bonds. The average molecular weight is 758 g/mol. The Morgan fingerprint density at radius 1 is 0.615 bits per heavy atom. The normalized spacial score (nSPS) is 14.4. The van der Waals surface area contributed by atoms with E-state index in [0.717, 1.165) is 64.2 Å². The monoisotopic (exact) mass is 758 g/mol. The number of carbonyl (C=O) groups is 2. The largest absolute Gasteiger partial charge is 0.480 e. The second kappa shape index (κ2) is 37.5. The molecule has 0 aliphatic rings. The van der Waals surface area contributed by atoms with Crippen LogP contribution >= 0.6 is 7.82 Å². The first-order chi connectivity index (χ1) is 25.2. The van der Waals surface area contributed by atoms with Crippen LogP contribution in [-0.2, 0) is 32.7 Å². The molecular formula is C41H76NO9P. The number of allylic oxidation sites excluding steroid dienone is 6. The molecule has 0 saturated carbocycles. The molecule has 0 aromatic heterocycles. The highest BCUT2D eigenvalue weighted by molar-refractivity contribution is 7.47. The lowest BCUT2D eigenvalue weighted by molar-refractivity contribution is -0.154. The summed E-state index contributed by atoms with van der Waals surface area (Å²) in [6, 6.07) is -1.48. The molecule has 0 saturated heterocycles. The maximum absolute atomic E-state index is 12.6. The van der Waals surface area contributed by atoms with Gasteiger partial charge in [0.2, 0.25) is 0 Å². The predicted octanol–water partition coefficient (Wildman–Crippen LogP) is 10.9. The molecule has 10 nitrogen and oxygen atoms in total. The number of hydrogen-bond donors (Lipinski definition) is 3. The number of carboxylic acid groups (broad SMARTS) is 1. The topological polar surface area (TPSA) is 155 Å². The number of rotatable bonds is 39. The number of unbranched alkanes of at least 4 members (excludes halogenated alkanes) is 19. The number of aliphatic carboxylic acids is 1. The number of carboxylic acids is 1. The highest BCUT2D eigenvalue weighted by atomic mass is 31.2. The van der Waals surface area contributed by atoms with Crippen LogP contribution in [0.15, 0.2) is 36.5 Å². The Kier molecular flexibility index (Phi) is 36.2. The van der Waals surface area contributed by atoms with Gasteiger partial charge in [-0.15, -0.1) is 0 Å². The van der Waals surface area contributed by atoms with Crippen LogP contribution in [0.5, 0.6) is 0 Å². The molecule has 52 heavy (non-hydrogen) atoms. The molecule has 0 aliphatic heterocycles. The molecule has 3 atom stereocenters. The smallest absolute Gasteiger partial charge is 0.472 e. The third-order valence-electron chi connectivity index (χ3n) is 8.64. The molecule has 0 aliphatic carbocycles. The van der Waals surface area contributed by atoms with Crippen molar-refractivity contribution in [3.8, 4) is 0 Å². The van der Waals surface area contributed by atoms with Crippen LogP contribution in [0, 0.1) is 0 Å². The minimum absolute atomic E-state index is 0.00743. The SMILES string of the molecule is CCCCC/C=C\C/C=C\CCCCCCCC(=O)OC(COCCCCCCCC/C=C\CCCCCCC)COP(=O)(O)OCC(N)C(=O)O. The zero-order valence-electron chi connectivity index (χ0n) is 32.9. The third kappa shape index (κ3) is 36.5. The molecule has 0 rings (SSSR count). The summed E-state index contributed by atoms with van der Waals surface area (Å²) in [5.74, 6) is -1.80. The molecule has 0 aromatic carbocycles. The lowest BCUT2D eigenvalue weighted by atomic mass is 10.1. The predicted molar refractivity (Wildman–Crippen MR) is 212 cm³/mol. The first kappa shape index (κ1) is 50.2. The van der Waals surface area contributed by atoms with E-state index in [9.17, 15) is 19.0 Å². The molecule has 3 unspecified atom stereocenters. The van der Waals surface area contributed by atoms with Crippen LogP contribution < -0.4 is 5.73 Å². The van der Waals surface area contributed by atoms with Gasteiger partial charge in [-0.25, -0.2) is 4.57 Å². The maximum atomic E-state index is 12.6. The highest BCUT2D eigenvalue weighted by Crippen LogP contribution is 2.43. The van der Waals surface area contributed by atoms with Gasteiger partial charge in [0.1, 0.15) is 12.1 Å². The minimum atomic E-state index is -4.62. The van der Waals surface area contributed by atoms with E-state index in [-0.39, 0.29) is 13.0 Å². The Labute approximate surface area is 317 Å². The number of ether oxygens (including phenoxy) is 2. The zero-order valence-corrected chi connectivity index (χ0v) is 33.8. The molecule has 0 bridgehead atoms. The zero-order chi connectivity index (χ0) is 38.4. The summed E-state index contributed by atoms with van der Waals surface area (Å²) in [5, 5.41) is 8.88. The van der Waals surface area contributed by atoms with Gasteiger partial charge in [0.05, 0.1) is 19.8 Å². The Morgan fingerprint density at radius 3 is 1.62 bits per heavy atom. The molecule has 4 N–H and O–H groups in total. The summed E-state index contributed by atoms with van der Waals surface area (Å²) in [4.78, 5) is 33.4. The van der Waals surface area contributed by atoms with Crippen LogP contribution in [0.1, 0.15) is 174 Å². The Balaban J connectivity index is 4.31. The average Bonchev–Trinajstić information content (AvgIpc) is 3.12. The lowest BCUT2D eigenvalue weighted by Crippen LogP contribution is -2.34. The molecule has 11 heteroatoms. The van der Waals surface area contributed by atoms with Gasteiger partial charge in [0.15, 0.2) is 0 Å². The number of phosphoric ester groups is 1. The molecule has 0 heterocycles.